The van der Waals surface area contributed by atoms with E-state index in [1.807, 2.05) is 12.3 Å². The van der Waals surface area contributed by atoms with E-state index in [9.17, 15) is 0 Å². The molecule has 0 aliphatic carbocycles. The van der Waals surface area contributed by atoms with Gasteiger partial charge in [-0.05, 0) is 31.0 Å². The average molecular weight is 228 g/mol. The topological polar surface area (TPSA) is 24.9 Å². The number of nitrogens with zero attached hydrogens (tertiary/aromatic N) is 1. The Labute approximate surface area is 103 Å². The molecule has 0 saturated carbocycles. The van der Waals surface area contributed by atoms with E-state index in [-0.39, 0.29) is 0 Å². The Hall–Kier alpha value is -1.41. The summed E-state index contributed by atoms with van der Waals surface area (Å²) in [7, 11) is 0. The van der Waals surface area contributed by atoms with Gasteiger partial charge in [-0.15, -0.1) is 0 Å². The van der Waals surface area contributed by atoms with Gasteiger partial charge in [0.05, 0.1) is 5.52 Å². The fraction of sp³-hybridized carbons (Fsp3) is 0.400. The lowest BCUT2D eigenvalue weighted by molar-refractivity contribution is 0.571. The van der Waals surface area contributed by atoms with Crippen molar-refractivity contribution in [3.63, 3.8) is 0 Å². The molecule has 1 aromatic heterocycles. The van der Waals surface area contributed by atoms with Crippen LogP contribution < -0.4 is 5.32 Å². The molecule has 17 heavy (non-hydrogen) atoms. The Morgan fingerprint density at radius 3 is 2.82 bits per heavy atom. The maximum absolute atomic E-state index is 4.47. The van der Waals surface area contributed by atoms with Gasteiger partial charge in [-0.3, -0.25) is 4.98 Å². The summed E-state index contributed by atoms with van der Waals surface area (Å²) < 4.78 is 0. The molecule has 0 amide bonds. The average Bonchev–Trinajstić information content (AvgIpc) is 2.34. The normalized spacial score (nSPS) is 11.2. The standard InChI is InChI=1S/C15H20N2/c1-12(2)16-10-4-8-13-6-3-7-14-9-5-11-17-15(13)14/h3,5-7,9,11-12,16H,4,8,10H2,1-2H3. The van der Waals surface area contributed by atoms with Crippen LogP contribution in [0.25, 0.3) is 10.9 Å². The second-order valence-corrected chi connectivity index (χ2v) is 4.70. The van der Waals surface area contributed by atoms with Gasteiger partial charge in [0, 0.05) is 17.6 Å². The van der Waals surface area contributed by atoms with Crippen molar-refractivity contribution < 1.29 is 0 Å². The lowest BCUT2D eigenvalue weighted by Crippen LogP contribution is -2.23. The minimum atomic E-state index is 0.570. The van der Waals surface area contributed by atoms with Gasteiger partial charge in [0.15, 0.2) is 0 Å². The first-order chi connectivity index (χ1) is 8.27. The molecule has 0 bridgehead atoms. The van der Waals surface area contributed by atoms with E-state index in [2.05, 4.69) is 48.4 Å². The Morgan fingerprint density at radius 1 is 1.18 bits per heavy atom. The predicted molar refractivity (Wildman–Crippen MR) is 73.2 cm³/mol. The van der Waals surface area contributed by atoms with Crippen molar-refractivity contribution in [1.29, 1.82) is 0 Å². The molecule has 0 saturated heterocycles. The van der Waals surface area contributed by atoms with Gasteiger partial charge < -0.3 is 5.32 Å². The number of rotatable bonds is 5. The van der Waals surface area contributed by atoms with E-state index in [0.29, 0.717) is 6.04 Å². The van der Waals surface area contributed by atoms with Crippen LogP contribution in [0.2, 0.25) is 0 Å². The van der Waals surface area contributed by atoms with Gasteiger partial charge >= 0.3 is 0 Å². The second-order valence-electron chi connectivity index (χ2n) is 4.70. The summed E-state index contributed by atoms with van der Waals surface area (Å²) in [6.07, 6.45) is 4.13. The fourth-order valence-corrected chi connectivity index (χ4v) is 2.04. The Bertz CT molecular complexity index is 472. The minimum Gasteiger partial charge on any atom is -0.315 e. The van der Waals surface area contributed by atoms with E-state index in [1.165, 1.54) is 10.9 Å². The number of para-hydroxylation sites is 1. The van der Waals surface area contributed by atoms with Crippen LogP contribution in [0.15, 0.2) is 36.5 Å². The number of aryl methyl sites for hydroxylation is 1. The molecule has 0 fully saturated rings. The molecular weight excluding hydrogens is 208 g/mol. The summed E-state index contributed by atoms with van der Waals surface area (Å²) in [5.74, 6) is 0. The quantitative estimate of drug-likeness (QED) is 0.795. The van der Waals surface area contributed by atoms with Crippen molar-refractivity contribution >= 4 is 10.9 Å². The van der Waals surface area contributed by atoms with Gasteiger partial charge in [0.1, 0.15) is 0 Å². The van der Waals surface area contributed by atoms with Crippen molar-refractivity contribution in [3.8, 4) is 0 Å². The second kappa shape index (κ2) is 5.78. The molecule has 2 nitrogen and oxygen atoms in total. The molecule has 0 aliphatic heterocycles. The highest BCUT2D eigenvalue weighted by atomic mass is 14.9. The monoisotopic (exact) mass is 228 g/mol. The summed E-state index contributed by atoms with van der Waals surface area (Å²) in [6.45, 7) is 5.43. The molecule has 1 heterocycles. The van der Waals surface area contributed by atoms with E-state index < -0.39 is 0 Å². The third-order valence-corrected chi connectivity index (χ3v) is 2.89. The van der Waals surface area contributed by atoms with Gasteiger partial charge in [-0.2, -0.15) is 0 Å². The van der Waals surface area contributed by atoms with Crippen LogP contribution in [-0.4, -0.2) is 17.6 Å². The largest absolute Gasteiger partial charge is 0.315 e. The van der Waals surface area contributed by atoms with Crippen molar-refractivity contribution in [2.75, 3.05) is 6.54 Å². The maximum atomic E-state index is 4.47. The van der Waals surface area contributed by atoms with Crippen LogP contribution in [0.5, 0.6) is 0 Å². The van der Waals surface area contributed by atoms with Crippen molar-refractivity contribution in [1.82, 2.24) is 10.3 Å². The molecule has 1 N–H and O–H groups in total. The van der Waals surface area contributed by atoms with Gasteiger partial charge in [0.25, 0.3) is 0 Å². The van der Waals surface area contributed by atoms with E-state index in [4.69, 9.17) is 0 Å². The van der Waals surface area contributed by atoms with Crippen LogP contribution in [0.4, 0.5) is 0 Å². The Morgan fingerprint density at radius 2 is 2.00 bits per heavy atom. The summed E-state index contributed by atoms with van der Waals surface area (Å²) in [5.41, 5.74) is 2.51. The highest BCUT2D eigenvalue weighted by Gasteiger charge is 2.01. The van der Waals surface area contributed by atoms with Crippen LogP contribution in [0, 0.1) is 0 Å². The van der Waals surface area contributed by atoms with Crippen molar-refractivity contribution in [2.24, 2.45) is 0 Å². The highest BCUT2D eigenvalue weighted by molar-refractivity contribution is 5.81. The number of hydrogen-bond acceptors (Lipinski definition) is 2. The van der Waals surface area contributed by atoms with Crippen molar-refractivity contribution in [2.45, 2.75) is 32.7 Å². The molecule has 1 aromatic carbocycles. The number of benzene rings is 1. The zero-order chi connectivity index (χ0) is 12.1. The molecule has 2 rings (SSSR count). The van der Waals surface area contributed by atoms with Crippen LogP contribution >= 0.6 is 0 Å². The Balaban J connectivity index is 2.03. The number of hydrogen-bond donors (Lipinski definition) is 1. The van der Waals surface area contributed by atoms with Gasteiger partial charge in [-0.25, -0.2) is 0 Å². The van der Waals surface area contributed by atoms with E-state index in [0.717, 1.165) is 24.9 Å². The molecule has 0 spiro atoms. The Kier molecular flexibility index (Phi) is 4.10. The fourth-order valence-electron chi connectivity index (χ4n) is 2.04. The third kappa shape index (κ3) is 3.27. The first kappa shape index (κ1) is 12.1. The molecular formula is C15H20N2. The van der Waals surface area contributed by atoms with E-state index >= 15 is 0 Å². The first-order valence-electron chi connectivity index (χ1n) is 6.33. The maximum Gasteiger partial charge on any atom is 0.0733 e. The number of pyridine rings is 1. The summed E-state index contributed by atoms with van der Waals surface area (Å²) in [4.78, 5) is 4.47. The zero-order valence-electron chi connectivity index (χ0n) is 10.6. The molecule has 0 atom stereocenters. The van der Waals surface area contributed by atoms with Crippen LogP contribution in [-0.2, 0) is 6.42 Å². The summed E-state index contributed by atoms with van der Waals surface area (Å²) in [6, 6.07) is 11.1. The molecule has 90 valence electrons. The first-order valence-corrected chi connectivity index (χ1v) is 6.33. The molecule has 0 radical (unpaired) electrons. The number of fused-ring (bicyclic) bond motifs is 1. The smallest absolute Gasteiger partial charge is 0.0733 e. The van der Waals surface area contributed by atoms with Gasteiger partial charge in [-0.1, -0.05) is 38.1 Å². The summed E-state index contributed by atoms with van der Waals surface area (Å²) >= 11 is 0. The SMILES string of the molecule is CC(C)NCCCc1cccc2cccnc12. The summed E-state index contributed by atoms with van der Waals surface area (Å²) in [5, 5.41) is 4.68. The highest BCUT2D eigenvalue weighted by Crippen LogP contribution is 2.16. The van der Waals surface area contributed by atoms with Crippen molar-refractivity contribution in [3.05, 3.63) is 42.1 Å². The van der Waals surface area contributed by atoms with Crippen LogP contribution in [0.3, 0.4) is 0 Å². The van der Waals surface area contributed by atoms with Crippen LogP contribution in [0.1, 0.15) is 25.8 Å². The molecule has 0 unspecified atom stereocenters. The zero-order valence-corrected chi connectivity index (χ0v) is 10.6. The molecule has 2 aromatic rings. The minimum absolute atomic E-state index is 0.570. The van der Waals surface area contributed by atoms with Gasteiger partial charge in [0.2, 0.25) is 0 Å². The van der Waals surface area contributed by atoms with E-state index in [1.54, 1.807) is 0 Å². The predicted octanol–water partition coefficient (Wildman–Crippen LogP) is 3.17. The lowest BCUT2D eigenvalue weighted by atomic mass is 10.1. The molecule has 2 heteroatoms. The number of nitrogens with one attached hydrogen (secondary N) is 1. The lowest BCUT2D eigenvalue weighted by Gasteiger charge is -2.08. The third-order valence-electron chi connectivity index (χ3n) is 2.89. The number of aromatic nitrogens is 1. The molecule has 0 aliphatic rings.